The Morgan fingerprint density at radius 1 is 1.12 bits per heavy atom. The number of nitrogens with zero attached hydrogens (tertiary/aromatic N) is 1. The van der Waals surface area contributed by atoms with Gasteiger partial charge in [0.15, 0.2) is 0 Å². The van der Waals surface area contributed by atoms with Crippen molar-refractivity contribution in [3.8, 4) is 0 Å². The fraction of sp³-hybridized carbons (Fsp3) is 0.238. The number of H-pyrrole nitrogens is 1. The fourth-order valence-corrected chi connectivity index (χ4v) is 3.82. The van der Waals surface area contributed by atoms with E-state index in [9.17, 15) is 9.59 Å². The maximum Gasteiger partial charge on any atom is 0.324 e. The molecular formula is C21H21N3O2. The van der Waals surface area contributed by atoms with Crippen molar-refractivity contribution in [3.05, 3.63) is 71.4 Å². The van der Waals surface area contributed by atoms with Crippen LogP contribution in [-0.4, -0.2) is 28.4 Å². The number of amides is 3. The highest BCUT2D eigenvalue weighted by molar-refractivity contribution is 6.04. The molecule has 132 valence electrons. The second kappa shape index (κ2) is 6.67. The summed E-state index contributed by atoms with van der Waals surface area (Å²) in [7, 11) is 0. The predicted molar refractivity (Wildman–Crippen MR) is 101 cm³/mol. The second-order valence-electron chi connectivity index (χ2n) is 6.56. The Kier molecular flexibility index (Phi) is 4.21. The van der Waals surface area contributed by atoms with Gasteiger partial charge in [-0.1, -0.05) is 43.3 Å². The average molecular weight is 347 g/mol. The highest BCUT2D eigenvalue weighted by atomic mass is 16.2. The van der Waals surface area contributed by atoms with Crippen LogP contribution in [0.4, 0.5) is 4.79 Å². The number of fused-ring (bicyclic) bond motifs is 3. The third-order valence-electron chi connectivity index (χ3n) is 5.06. The van der Waals surface area contributed by atoms with Gasteiger partial charge in [0.2, 0.25) is 0 Å². The lowest BCUT2D eigenvalue weighted by Crippen LogP contribution is -2.47. The van der Waals surface area contributed by atoms with Crippen LogP contribution in [0.3, 0.4) is 0 Å². The lowest BCUT2D eigenvalue weighted by Gasteiger charge is -2.35. The number of para-hydroxylation sites is 1. The van der Waals surface area contributed by atoms with Gasteiger partial charge < -0.3 is 9.88 Å². The molecule has 0 fully saturated rings. The van der Waals surface area contributed by atoms with Crippen molar-refractivity contribution in [2.75, 3.05) is 6.54 Å². The van der Waals surface area contributed by atoms with Gasteiger partial charge in [0.25, 0.3) is 5.91 Å². The first-order chi connectivity index (χ1) is 12.7. The van der Waals surface area contributed by atoms with Crippen LogP contribution < -0.4 is 5.32 Å². The smallest absolute Gasteiger partial charge is 0.324 e. The van der Waals surface area contributed by atoms with E-state index >= 15 is 0 Å². The van der Waals surface area contributed by atoms with E-state index in [-0.39, 0.29) is 18.0 Å². The molecular weight excluding hydrogens is 326 g/mol. The van der Waals surface area contributed by atoms with Gasteiger partial charge in [-0.05, 0) is 36.6 Å². The molecule has 1 aliphatic heterocycles. The third kappa shape index (κ3) is 2.75. The summed E-state index contributed by atoms with van der Waals surface area (Å²) in [5, 5.41) is 3.75. The van der Waals surface area contributed by atoms with E-state index in [1.54, 1.807) is 29.2 Å². The number of rotatable bonds is 2. The largest absolute Gasteiger partial charge is 0.356 e. The normalized spacial score (nSPS) is 16.3. The molecule has 2 aromatic carbocycles. The quantitative estimate of drug-likeness (QED) is 0.735. The van der Waals surface area contributed by atoms with Crippen LogP contribution in [0.2, 0.25) is 0 Å². The summed E-state index contributed by atoms with van der Waals surface area (Å²) in [5.74, 6) is -0.368. The molecule has 0 bridgehead atoms. The zero-order valence-corrected chi connectivity index (χ0v) is 14.7. The summed E-state index contributed by atoms with van der Waals surface area (Å²) >= 11 is 0. The van der Waals surface area contributed by atoms with Gasteiger partial charge in [-0.3, -0.25) is 10.1 Å². The van der Waals surface area contributed by atoms with Crippen molar-refractivity contribution in [1.82, 2.24) is 15.2 Å². The molecule has 4 rings (SSSR count). The summed E-state index contributed by atoms with van der Waals surface area (Å²) in [6, 6.07) is 16.6. The minimum atomic E-state index is -0.368. The summed E-state index contributed by atoms with van der Waals surface area (Å²) in [5.41, 5.74) is 3.95. The fourth-order valence-electron chi connectivity index (χ4n) is 3.82. The number of nitrogens with one attached hydrogen (secondary N) is 2. The average Bonchev–Trinajstić information content (AvgIpc) is 3.06. The predicted octanol–water partition coefficient (Wildman–Crippen LogP) is 4.03. The molecule has 2 heterocycles. The Balaban J connectivity index is 1.59. The van der Waals surface area contributed by atoms with Crippen LogP contribution >= 0.6 is 0 Å². The van der Waals surface area contributed by atoms with Gasteiger partial charge in [0.1, 0.15) is 0 Å². The molecule has 0 aliphatic carbocycles. The number of hydrogen-bond acceptors (Lipinski definition) is 2. The molecule has 1 aliphatic rings. The Labute approximate surface area is 152 Å². The second-order valence-corrected chi connectivity index (χ2v) is 6.56. The molecule has 0 spiro atoms. The lowest BCUT2D eigenvalue weighted by molar-refractivity contribution is 0.0940. The highest BCUT2D eigenvalue weighted by Crippen LogP contribution is 2.36. The van der Waals surface area contributed by atoms with Crippen LogP contribution in [-0.2, 0) is 6.42 Å². The Morgan fingerprint density at radius 3 is 2.62 bits per heavy atom. The van der Waals surface area contributed by atoms with E-state index in [4.69, 9.17) is 0 Å². The maximum atomic E-state index is 12.8. The van der Waals surface area contributed by atoms with E-state index in [0.29, 0.717) is 12.1 Å². The lowest BCUT2D eigenvalue weighted by atomic mass is 9.96. The van der Waals surface area contributed by atoms with Crippen LogP contribution in [0.15, 0.2) is 54.6 Å². The monoisotopic (exact) mass is 347 g/mol. The third-order valence-corrected chi connectivity index (χ3v) is 5.06. The standard InChI is InChI=1S/C21H21N3O2/c1-2-18-19-16(15-10-6-7-11-17(15)22-19)12-13-24(18)21(26)23-20(25)14-8-4-3-5-9-14/h3-11,18,22H,2,12-13H2,1H3,(H,23,25,26). The van der Waals surface area contributed by atoms with E-state index < -0.39 is 0 Å². The van der Waals surface area contributed by atoms with Gasteiger partial charge in [-0.15, -0.1) is 0 Å². The van der Waals surface area contributed by atoms with E-state index in [0.717, 1.165) is 24.1 Å². The van der Waals surface area contributed by atoms with Gasteiger partial charge >= 0.3 is 6.03 Å². The van der Waals surface area contributed by atoms with Crippen LogP contribution in [0.1, 0.15) is 41.0 Å². The number of carbonyl (C=O) groups excluding carboxylic acids is 2. The number of imide groups is 1. The Hall–Kier alpha value is -3.08. The highest BCUT2D eigenvalue weighted by Gasteiger charge is 2.32. The molecule has 1 atom stereocenters. The van der Waals surface area contributed by atoms with E-state index in [1.165, 1.54) is 10.9 Å². The van der Waals surface area contributed by atoms with Crippen LogP contribution in [0, 0.1) is 0 Å². The molecule has 3 aromatic rings. The van der Waals surface area contributed by atoms with Crippen molar-refractivity contribution in [2.45, 2.75) is 25.8 Å². The summed E-state index contributed by atoms with van der Waals surface area (Å²) in [6.07, 6.45) is 1.57. The molecule has 0 saturated carbocycles. The van der Waals surface area contributed by atoms with Crippen molar-refractivity contribution >= 4 is 22.8 Å². The zero-order chi connectivity index (χ0) is 18.1. The summed E-state index contributed by atoms with van der Waals surface area (Å²) < 4.78 is 0. The van der Waals surface area contributed by atoms with Crippen molar-refractivity contribution in [3.63, 3.8) is 0 Å². The first-order valence-corrected chi connectivity index (χ1v) is 8.95. The molecule has 26 heavy (non-hydrogen) atoms. The van der Waals surface area contributed by atoms with Gasteiger partial charge in [-0.25, -0.2) is 4.79 Å². The van der Waals surface area contributed by atoms with Crippen molar-refractivity contribution in [2.24, 2.45) is 0 Å². The first-order valence-electron chi connectivity index (χ1n) is 8.95. The minimum Gasteiger partial charge on any atom is -0.356 e. The number of urea groups is 1. The van der Waals surface area contributed by atoms with Crippen LogP contribution in [0.25, 0.3) is 10.9 Å². The SMILES string of the molecule is CCC1c2[nH]c3ccccc3c2CCN1C(=O)NC(=O)c1ccccc1. The van der Waals surface area contributed by atoms with Crippen molar-refractivity contribution in [1.29, 1.82) is 0 Å². The van der Waals surface area contributed by atoms with Gasteiger partial charge in [0.05, 0.1) is 6.04 Å². The molecule has 0 saturated heterocycles. The van der Waals surface area contributed by atoms with Crippen LogP contribution in [0.5, 0.6) is 0 Å². The minimum absolute atomic E-state index is 0.0604. The number of hydrogen-bond donors (Lipinski definition) is 2. The topological polar surface area (TPSA) is 65.2 Å². The molecule has 5 heteroatoms. The van der Waals surface area contributed by atoms with E-state index in [2.05, 4.69) is 29.4 Å². The molecule has 1 aromatic heterocycles. The molecule has 2 N–H and O–H groups in total. The van der Waals surface area contributed by atoms with E-state index in [1.807, 2.05) is 18.2 Å². The molecule has 5 nitrogen and oxygen atoms in total. The molecule has 0 radical (unpaired) electrons. The number of carbonyl (C=O) groups is 2. The van der Waals surface area contributed by atoms with Gasteiger partial charge in [-0.2, -0.15) is 0 Å². The molecule has 1 unspecified atom stereocenters. The van der Waals surface area contributed by atoms with Gasteiger partial charge in [0, 0.05) is 28.7 Å². The Morgan fingerprint density at radius 2 is 1.85 bits per heavy atom. The number of aromatic amines is 1. The molecule has 3 amide bonds. The zero-order valence-electron chi connectivity index (χ0n) is 14.7. The number of benzene rings is 2. The summed E-state index contributed by atoms with van der Waals surface area (Å²) in [4.78, 5) is 30.3. The summed E-state index contributed by atoms with van der Waals surface area (Å²) in [6.45, 7) is 2.66. The number of aromatic nitrogens is 1. The maximum absolute atomic E-state index is 12.8. The first kappa shape index (κ1) is 16.4. The van der Waals surface area contributed by atoms with Crippen molar-refractivity contribution < 1.29 is 9.59 Å². The Bertz CT molecular complexity index is 962.